The highest BCUT2D eigenvalue weighted by Gasteiger charge is 2.51. The minimum atomic E-state index is -1.31. The molecule has 1 aliphatic carbocycles. The number of nitrogens with zero attached hydrogens (tertiary/aromatic N) is 1. The lowest BCUT2D eigenvalue weighted by Gasteiger charge is -2.48. The molecule has 13 atom stereocenters. The molecule has 13 N–H and O–H groups in total. The van der Waals surface area contributed by atoms with Gasteiger partial charge in [0.1, 0.15) is 36.1 Å². The number of aliphatic hydroxyl groups excluding tert-OH is 2. The van der Waals surface area contributed by atoms with Crippen molar-refractivity contribution in [3.63, 3.8) is 0 Å². The molecule has 0 radical (unpaired) electrons. The summed E-state index contributed by atoms with van der Waals surface area (Å²) in [5.41, 5.74) is 22.6. The summed E-state index contributed by atoms with van der Waals surface area (Å²) in [5, 5.41) is 38.6. The summed E-state index contributed by atoms with van der Waals surface area (Å²) in [6.07, 6.45) is -4.91. The van der Waals surface area contributed by atoms with E-state index < -0.39 is 66.8 Å². The number of aliphatic imine (C=N–C) groups is 1. The molecule has 210 valence electrons. The van der Waals surface area contributed by atoms with Crippen molar-refractivity contribution >= 4 is 5.96 Å². The molecule has 13 unspecified atom stereocenters. The Morgan fingerprint density at radius 2 is 1.67 bits per heavy atom. The van der Waals surface area contributed by atoms with Crippen molar-refractivity contribution in [3.8, 4) is 0 Å². The molecular weight excluding hydrogens is 474 g/mol. The van der Waals surface area contributed by atoms with Gasteiger partial charge in [0, 0.05) is 18.1 Å². The largest absolute Gasteiger partial charge is 0.388 e. The average molecular weight is 520 g/mol. The molecule has 0 spiro atoms. The number of hydrogen-bond donors (Lipinski definition) is 9. The van der Waals surface area contributed by atoms with Gasteiger partial charge in [-0.2, -0.15) is 0 Å². The highest BCUT2D eigenvalue weighted by atomic mass is 16.7. The number of ether oxygens (including phenoxy) is 4. The van der Waals surface area contributed by atoms with Gasteiger partial charge < -0.3 is 67.8 Å². The van der Waals surface area contributed by atoms with Gasteiger partial charge in [0.15, 0.2) is 18.5 Å². The quantitative estimate of drug-likeness (QED) is 0.110. The predicted octanol–water partition coefficient (Wildman–Crippen LogP) is -4.01. The minimum absolute atomic E-state index is 0.0491. The maximum absolute atomic E-state index is 11.3. The van der Waals surface area contributed by atoms with Crippen LogP contribution in [0.3, 0.4) is 0 Å². The van der Waals surface area contributed by atoms with Crippen LogP contribution in [0, 0.1) is 0 Å². The molecule has 3 aliphatic rings. The van der Waals surface area contributed by atoms with Crippen molar-refractivity contribution in [1.29, 1.82) is 0 Å². The van der Waals surface area contributed by atoms with Crippen molar-refractivity contribution in [1.82, 2.24) is 10.6 Å². The molecule has 0 aromatic carbocycles. The van der Waals surface area contributed by atoms with Crippen LogP contribution in [-0.4, -0.2) is 121 Å². The van der Waals surface area contributed by atoms with Crippen LogP contribution in [0.1, 0.15) is 33.1 Å². The van der Waals surface area contributed by atoms with Crippen molar-refractivity contribution < 1.29 is 34.3 Å². The lowest BCUT2D eigenvalue weighted by atomic mass is 9.84. The molecule has 0 amide bonds. The molecule has 0 aromatic heterocycles. The van der Waals surface area contributed by atoms with E-state index >= 15 is 0 Å². The van der Waals surface area contributed by atoms with E-state index in [1.54, 1.807) is 14.0 Å². The minimum Gasteiger partial charge on any atom is -0.388 e. The third-order valence-corrected chi connectivity index (χ3v) is 7.48. The maximum Gasteiger partial charge on any atom is 0.186 e. The average Bonchev–Trinajstić information content (AvgIpc) is 2.80. The molecule has 1 saturated carbocycles. The molecule has 0 aromatic rings. The van der Waals surface area contributed by atoms with Crippen LogP contribution >= 0.6 is 0 Å². The lowest BCUT2D eigenvalue weighted by molar-refractivity contribution is -0.307. The van der Waals surface area contributed by atoms with E-state index in [1.165, 1.54) is 0 Å². The summed E-state index contributed by atoms with van der Waals surface area (Å²) in [6, 6.07) is -2.42. The normalized spacial score (nSPS) is 46.8. The molecule has 36 heavy (non-hydrogen) atoms. The summed E-state index contributed by atoms with van der Waals surface area (Å²) in [5.74, 6) is -0.0903. The van der Waals surface area contributed by atoms with E-state index in [0.29, 0.717) is 12.8 Å². The smallest absolute Gasteiger partial charge is 0.186 e. The first-order chi connectivity index (χ1) is 16.9. The SMILES string of the molecule is CNC(C)C1CCC(N=C(N)N)C(OC2C(N)CC(N)C(OC3OCC(C)(O)C(NC)C3O)C2O)O1. The second-order valence-corrected chi connectivity index (χ2v) is 10.4. The van der Waals surface area contributed by atoms with Crippen LogP contribution in [0.15, 0.2) is 4.99 Å². The fraction of sp³-hybridized carbons (Fsp3) is 0.955. The Morgan fingerprint density at radius 1 is 1.06 bits per heavy atom. The predicted molar refractivity (Wildman–Crippen MR) is 132 cm³/mol. The van der Waals surface area contributed by atoms with Crippen LogP contribution in [0.2, 0.25) is 0 Å². The molecule has 14 heteroatoms. The van der Waals surface area contributed by atoms with Gasteiger partial charge in [-0.25, -0.2) is 4.99 Å². The van der Waals surface area contributed by atoms with Gasteiger partial charge >= 0.3 is 0 Å². The summed E-state index contributed by atoms with van der Waals surface area (Å²) < 4.78 is 24.0. The number of rotatable bonds is 8. The van der Waals surface area contributed by atoms with Gasteiger partial charge in [0.25, 0.3) is 0 Å². The summed E-state index contributed by atoms with van der Waals surface area (Å²) in [4.78, 5) is 4.26. The van der Waals surface area contributed by atoms with E-state index in [4.69, 9.17) is 41.9 Å². The molecule has 2 saturated heterocycles. The Balaban J connectivity index is 1.75. The van der Waals surface area contributed by atoms with Gasteiger partial charge in [-0.15, -0.1) is 0 Å². The Hall–Kier alpha value is -1.17. The van der Waals surface area contributed by atoms with E-state index in [0.717, 1.165) is 0 Å². The Kier molecular flexibility index (Phi) is 9.90. The van der Waals surface area contributed by atoms with E-state index in [9.17, 15) is 15.3 Å². The first-order valence-electron chi connectivity index (χ1n) is 12.5. The first kappa shape index (κ1) is 29.4. The number of guanidine groups is 1. The Bertz CT molecular complexity index is 744. The number of hydrogen-bond acceptors (Lipinski definition) is 12. The number of nitrogens with one attached hydrogen (secondary N) is 2. The third kappa shape index (κ3) is 6.45. The van der Waals surface area contributed by atoms with Gasteiger partial charge in [0.05, 0.1) is 18.8 Å². The highest BCUT2D eigenvalue weighted by Crippen LogP contribution is 2.32. The van der Waals surface area contributed by atoms with Crippen LogP contribution in [-0.2, 0) is 18.9 Å². The monoisotopic (exact) mass is 519 g/mol. The molecule has 14 nitrogen and oxygen atoms in total. The van der Waals surface area contributed by atoms with Crippen LogP contribution < -0.4 is 33.6 Å². The zero-order valence-electron chi connectivity index (χ0n) is 21.5. The summed E-state index contributed by atoms with van der Waals surface area (Å²) in [7, 11) is 3.46. The van der Waals surface area contributed by atoms with Crippen LogP contribution in [0.25, 0.3) is 0 Å². The zero-order valence-corrected chi connectivity index (χ0v) is 21.5. The van der Waals surface area contributed by atoms with Crippen LogP contribution in [0.4, 0.5) is 0 Å². The maximum atomic E-state index is 11.3. The van der Waals surface area contributed by atoms with E-state index in [-0.39, 0.29) is 31.1 Å². The molecule has 3 fully saturated rings. The van der Waals surface area contributed by atoms with Crippen molar-refractivity contribution in [3.05, 3.63) is 0 Å². The zero-order chi connectivity index (χ0) is 26.8. The standard InChI is InChI=1S/C22H45N7O7/c1-9(27-3)13-6-5-12(29-21(25)26)19(34-13)35-16-10(23)7-11(24)17(14(16)30)36-20-15(31)18(28-4)22(2,32)8-33-20/h9-20,27-28,30-32H,5-8,23-24H2,1-4H3,(H4,25,26,29). The molecule has 3 rings (SSSR count). The first-order valence-corrected chi connectivity index (χ1v) is 12.5. The summed E-state index contributed by atoms with van der Waals surface area (Å²) in [6.45, 7) is 3.47. The van der Waals surface area contributed by atoms with Gasteiger partial charge in [-0.3, -0.25) is 0 Å². The second kappa shape index (κ2) is 12.1. The van der Waals surface area contributed by atoms with Crippen molar-refractivity contribution in [2.45, 2.75) is 112 Å². The third-order valence-electron chi connectivity index (χ3n) is 7.48. The highest BCUT2D eigenvalue weighted by molar-refractivity contribution is 5.75. The lowest BCUT2D eigenvalue weighted by Crippen LogP contribution is -2.68. The van der Waals surface area contributed by atoms with Gasteiger partial charge in [0.2, 0.25) is 0 Å². The fourth-order valence-corrected chi connectivity index (χ4v) is 5.31. The Morgan fingerprint density at radius 3 is 2.22 bits per heavy atom. The molecule has 2 heterocycles. The topological polar surface area (TPSA) is 238 Å². The van der Waals surface area contributed by atoms with E-state index in [1.807, 2.05) is 14.0 Å². The second-order valence-electron chi connectivity index (χ2n) is 10.4. The van der Waals surface area contributed by atoms with Crippen LogP contribution in [0.5, 0.6) is 0 Å². The number of aliphatic hydroxyl groups is 3. The molecule has 2 aliphatic heterocycles. The molecular formula is C22H45N7O7. The summed E-state index contributed by atoms with van der Waals surface area (Å²) >= 11 is 0. The Labute approximate surface area is 212 Å². The van der Waals surface area contributed by atoms with E-state index in [2.05, 4.69) is 15.6 Å². The van der Waals surface area contributed by atoms with Gasteiger partial charge in [-0.05, 0) is 47.2 Å². The number of likely N-dealkylation sites (N-methyl/N-ethyl adjacent to an activating group) is 2. The number of nitrogens with two attached hydrogens (primary N) is 4. The molecule has 0 bridgehead atoms. The van der Waals surface area contributed by atoms with Gasteiger partial charge in [-0.1, -0.05) is 0 Å². The van der Waals surface area contributed by atoms with Crippen molar-refractivity contribution in [2.24, 2.45) is 27.9 Å². The van der Waals surface area contributed by atoms with Crippen molar-refractivity contribution in [2.75, 3.05) is 20.7 Å². The fourth-order valence-electron chi connectivity index (χ4n) is 5.31.